The highest BCUT2D eigenvalue weighted by Crippen LogP contribution is 2.22. The molecule has 1 amide bonds. The van der Waals surface area contributed by atoms with Crippen LogP contribution in [0.25, 0.3) is 0 Å². The van der Waals surface area contributed by atoms with Gasteiger partial charge in [0, 0.05) is 11.6 Å². The van der Waals surface area contributed by atoms with E-state index in [1.165, 1.54) is 6.07 Å². The first-order valence-electron chi connectivity index (χ1n) is 10.0. The van der Waals surface area contributed by atoms with Crippen LogP contribution < -0.4 is 19.5 Å². The Morgan fingerprint density at radius 3 is 2.38 bits per heavy atom. The molecule has 32 heavy (non-hydrogen) atoms. The summed E-state index contributed by atoms with van der Waals surface area (Å²) in [6.07, 6.45) is 0. The van der Waals surface area contributed by atoms with Gasteiger partial charge in [-0.3, -0.25) is 9.52 Å². The van der Waals surface area contributed by atoms with E-state index in [4.69, 9.17) is 9.47 Å². The van der Waals surface area contributed by atoms with E-state index in [1.807, 2.05) is 19.1 Å². The van der Waals surface area contributed by atoms with E-state index >= 15 is 0 Å². The van der Waals surface area contributed by atoms with Crippen LogP contribution in [0.3, 0.4) is 0 Å². The van der Waals surface area contributed by atoms with E-state index < -0.39 is 10.0 Å². The van der Waals surface area contributed by atoms with Crippen LogP contribution in [0.15, 0.2) is 71.6 Å². The smallest absolute Gasteiger partial charge is 0.261 e. The molecule has 7 nitrogen and oxygen atoms in total. The third kappa shape index (κ3) is 6.01. The van der Waals surface area contributed by atoms with Crippen molar-refractivity contribution in [1.82, 2.24) is 5.32 Å². The van der Waals surface area contributed by atoms with Crippen LogP contribution in [0.4, 0.5) is 5.69 Å². The summed E-state index contributed by atoms with van der Waals surface area (Å²) in [5, 5.41) is 2.77. The molecule has 2 N–H and O–H groups in total. The fourth-order valence-electron chi connectivity index (χ4n) is 2.92. The Balaban J connectivity index is 1.61. The molecular formula is C24H26N2O5S. The Labute approximate surface area is 188 Å². The van der Waals surface area contributed by atoms with Gasteiger partial charge in [0.2, 0.25) is 0 Å². The van der Waals surface area contributed by atoms with Crippen LogP contribution in [0.5, 0.6) is 11.5 Å². The molecule has 0 aliphatic rings. The lowest BCUT2D eigenvalue weighted by Gasteiger charge is -2.13. The molecule has 3 rings (SSSR count). The first-order valence-corrected chi connectivity index (χ1v) is 11.5. The van der Waals surface area contributed by atoms with Gasteiger partial charge < -0.3 is 14.8 Å². The number of hydrogen-bond donors (Lipinski definition) is 2. The number of sulfonamides is 1. The predicted molar refractivity (Wildman–Crippen MR) is 124 cm³/mol. The lowest BCUT2D eigenvalue weighted by Crippen LogP contribution is -2.28. The molecule has 0 unspecified atom stereocenters. The summed E-state index contributed by atoms with van der Waals surface area (Å²) >= 11 is 0. The molecule has 0 aromatic heterocycles. The Bertz CT molecular complexity index is 1190. The summed E-state index contributed by atoms with van der Waals surface area (Å²) in [4.78, 5) is 12.7. The minimum Gasteiger partial charge on any atom is -0.497 e. The average molecular weight is 455 g/mol. The zero-order valence-electron chi connectivity index (χ0n) is 18.2. The SMILES string of the molecule is COc1cccc(OCCNC(=O)c2ccc(C)c(NS(=O)(=O)c3ccc(C)cc3)c2)c1. The standard InChI is InChI=1S/C24H26N2O5S/c1-17-7-11-22(12-8-17)32(28,29)26-23-15-19(10-9-18(23)2)24(27)25-13-14-31-21-6-4-5-20(16-21)30-3/h4-12,15-16,26H,13-14H2,1-3H3,(H,25,27). The van der Waals surface area contributed by atoms with Crippen molar-refractivity contribution in [1.29, 1.82) is 0 Å². The van der Waals surface area contributed by atoms with Crippen LogP contribution >= 0.6 is 0 Å². The summed E-state index contributed by atoms with van der Waals surface area (Å²) in [5.41, 5.74) is 2.37. The number of nitrogens with one attached hydrogen (secondary N) is 2. The van der Waals surface area contributed by atoms with E-state index in [0.717, 1.165) is 5.56 Å². The molecule has 0 saturated heterocycles. The maximum absolute atomic E-state index is 12.7. The number of hydrogen-bond acceptors (Lipinski definition) is 5. The summed E-state index contributed by atoms with van der Waals surface area (Å²) < 4.78 is 38.7. The monoisotopic (exact) mass is 454 g/mol. The molecule has 3 aromatic carbocycles. The summed E-state index contributed by atoms with van der Waals surface area (Å²) in [6, 6.07) is 18.6. The van der Waals surface area contributed by atoms with E-state index in [2.05, 4.69) is 10.0 Å². The average Bonchev–Trinajstić information content (AvgIpc) is 2.78. The van der Waals surface area contributed by atoms with Crippen LogP contribution in [0, 0.1) is 13.8 Å². The second-order valence-electron chi connectivity index (χ2n) is 7.23. The maximum atomic E-state index is 12.7. The van der Waals surface area contributed by atoms with Gasteiger partial charge in [0.25, 0.3) is 15.9 Å². The van der Waals surface area contributed by atoms with Crippen molar-refractivity contribution in [2.24, 2.45) is 0 Å². The lowest BCUT2D eigenvalue weighted by atomic mass is 10.1. The molecule has 0 bridgehead atoms. The molecule has 0 aliphatic carbocycles. The summed E-state index contributed by atoms with van der Waals surface area (Å²) in [6.45, 7) is 4.22. The van der Waals surface area contributed by atoms with Crippen molar-refractivity contribution in [2.75, 3.05) is 25.0 Å². The van der Waals surface area contributed by atoms with E-state index in [0.29, 0.717) is 28.3 Å². The number of benzene rings is 3. The van der Waals surface area contributed by atoms with Crippen molar-refractivity contribution in [2.45, 2.75) is 18.7 Å². The fourth-order valence-corrected chi connectivity index (χ4v) is 4.04. The van der Waals surface area contributed by atoms with Crippen LogP contribution in [0.1, 0.15) is 21.5 Å². The highest BCUT2D eigenvalue weighted by atomic mass is 32.2. The van der Waals surface area contributed by atoms with Crippen LogP contribution in [-0.4, -0.2) is 34.6 Å². The largest absolute Gasteiger partial charge is 0.497 e. The van der Waals surface area contributed by atoms with Crippen molar-refractivity contribution >= 4 is 21.6 Å². The van der Waals surface area contributed by atoms with Gasteiger partial charge in [0.1, 0.15) is 18.1 Å². The lowest BCUT2D eigenvalue weighted by molar-refractivity contribution is 0.0947. The van der Waals surface area contributed by atoms with Gasteiger partial charge in [-0.25, -0.2) is 8.42 Å². The minimum atomic E-state index is -3.76. The summed E-state index contributed by atoms with van der Waals surface area (Å²) in [7, 11) is -2.18. The topological polar surface area (TPSA) is 93.7 Å². The molecule has 0 aliphatic heterocycles. The zero-order valence-corrected chi connectivity index (χ0v) is 19.0. The highest BCUT2D eigenvalue weighted by molar-refractivity contribution is 7.92. The van der Waals surface area contributed by atoms with Crippen molar-refractivity contribution in [3.05, 3.63) is 83.4 Å². The Kier molecular flexibility index (Phi) is 7.37. The highest BCUT2D eigenvalue weighted by Gasteiger charge is 2.16. The minimum absolute atomic E-state index is 0.159. The van der Waals surface area contributed by atoms with Gasteiger partial charge in [-0.1, -0.05) is 29.8 Å². The second kappa shape index (κ2) is 10.2. The molecule has 0 saturated carbocycles. The van der Waals surface area contributed by atoms with E-state index in [-0.39, 0.29) is 24.0 Å². The normalized spacial score (nSPS) is 11.0. The number of amides is 1. The third-order valence-electron chi connectivity index (χ3n) is 4.77. The molecule has 168 valence electrons. The molecule has 0 fully saturated rings. The van der Waals surface area contributed by atoms with E-state index in [1.54, 1.807) is 62.6 Å². The number of ether oxygens (including phenoxy) is 2. The van der Waals surface area contributed by atoms with Gasteiger partial charge in [-0.05, 0) is 55.8 Å². The second-order valence-corrected chi connectivity index (χ2v) is 8.91. The number of aryl methyl sites for hydroxylation is 2. The van der Waals surface area contributed by atoms with Crippen molar-refractivity contribution < 1.29 is 22.7 Å². The van der Waals surface area contributed by atoms with Crippen molar-refractivity contribution in [3.8, 4) is 11.5 Å². The fraction of sp³-hybridized carbons (Fsp3) is 0.208. The zero-order chi connectivity index (χ0) is 23.1. The van der Waals surface area contributed by atoms with E-state index in [9.17, 15) is 13.2 Å². The van der Waals surface area contributed by atoms with Crippen LogP contribution in [-0.2, 0) is 10.0 Å². The number of methoxy groups -OCH3 is 1. The van der Waals surface area contributed by atoms with Gasteiger partial charge in [0.05, 0.1) is 24.2 Å². The number of carbonyl (C=O) groups excluding carboxylic acids is 1. The number of carbonyl (C=O) groups is 1. The molecule has 3 aromatic rings. The first-order chi connectivity index (χ1) is 15.3. The van der Waals surface area contributed by atoms with Crippen molar-refractivity contribution in [3.63, 3.8) is 0 Å². The van der Waals surface area contributed by atoms with Gasteiger partial charge >= 0.3 is 0 Å². The molecule has 8 heteroatoms. The number of rotatable bonds is 9. The van der Waals surface area contributed by atoms with Crippen LogP contribution in [0.2, 0.25) is 0 Å². The van der Waals surface area contributed by atoms with Gasteiger partial charge in [-0.15, -0.1) is 0 Å². The van der Waals surface area contributed by atoms with Gasteiger partial charge in [0.15, 0.2) is 0 Å². The van der Waals surface area contributed by atoms with Gasteiger partial charge in [-0.2, -0.15) is 0 Å². The third-order valence-corrected chi connectivity index (χ3v) is 6.15. The Hall–Kier alpha value is -3.52. The number of anilines is 1. The Morgan fingerprint density at radius 1 is 0.938 bits per heavy atom. The molecule has 0 heterocycles. The molecule has 0 spiro atoms. The first kappa shape index (κ1) is 23.1. The Morgan fingerprint density at radius 2 is 1.66 bits per heavy atom. The molecule has 0 radical (unpaired) electrons. The maximum Gasteiger partial charge on any atom is 0.261 e. The molecular weight excluding hydrogens is 428 g/mol. The predicted octanol–water partition coefficient (Wildman–Crippen LogP) is 3.92. The molecule has 0 atom stereocenters. The quantitative estimate of drug-likeness (QED) is 0.478. The summed E-state index contributed by atoms with van der Waals surface area (Å²) in [5.74, 6) is 1.00.